The Hall–Kier alpha value is -6.03. The molecule has 0 spiro atoms. The van der Waals surface area contributed by atoms with Crippen LogP contribution in [0.5, 0.6) is 5.75 Å². The zero-order valence-electron chi connectivity index (χ0n) is 27.3. The molecule has 0 aliphatic carbocycles. The highest BCUT2D eigenvalue weighted by Gasteiger charge is 2.27. The second-order valence-electron chi connectivity index (χ2n) is 10.9. The lowest BCUT2D eigenvalue weighted by Gasteiger charge is -2.15. The van der Waals surface area contributed by atoms with Crippen LogP contribution in [-0.4, -0.2) is 73.3 Å². The third kappa shape index (κ3) is 9.20. The Morgan fingerprint density at radius 2 is 1.42 bits per heavy atom. The molecule has 7 N–H and O–H groups in total. The number of amides is 1. The fourth-order valence-electron chi connectivity index (χ4n) is 4.76. The number of hydrogen-bond acceptors (Lipinski definition) is 17. The van der Waals surface area contributed by atoms with Gasteiger partial charge in [-0.15, -0.1) is 10.2 Å². The topological polar surface area (TPSA) is 334 Å². The molecular weight excluding hydrogens is 816 g/mol. The number of nitrogens with zero attached hydrogens (tertiary/aromatic N) is 5. The molecule has 55 heavy (non-hydrogen) atoms. The number of benzene rings is 4. The molecule has 0 radical (unpaired) electrons. The number of fused-ring (bicyclic) bond motifs is 1. The smallest absolute Gasteiger partial charge is 0.315 e. The van der Waals surface area contributed by atoms with Crippen LogP contribution in [-0.2, 0) is 45.0 Å². The number of hydrogen-bond donors (Lipinski definition) is 7. The van der Waals surface area contributed by atoms with E-state index in [-0.39, 0.29) is 16.3 Å². The molecule has 26 heteroatoms. The highest BCUT2D eigenvalue weighted by Crippen LogP contribution is 2.46. The van der Waals surface area contributed by atoms with Crippen molar-refractivity contribution < 1.29 is 61.6 Å². The van der Waals surface area contributed by atoms with Crippen LogP contribution in [0.4, 0.5) is 44.7 Å². The maximum Gasteiger partial charge on any atom is 0.315 e. The number of carbonyl (C=O) groups excluding carboxylic acids is 1. The zero-order chi connectivity index (χ0) is 40.7. The van der Waals surface area contributed by atoms with E-state index in [4.69, 9.17) is 0 Å². The normalized spacial score (nSPS) is 12.5. The van der Waals surface area contributed by atoms with E-state index >= 15 is 0 Å². The van der Waals surface area contributed by atoms with Crippen molar-refractivity contribution in [1.82, 2.24) is 15.0 Å². The molecule has 5 rings (SSSR count). The molecule has 0 fully saturated rings. The van der Waals surface area contributed by atoms with E-state index in [1.807, 2.05) is 0 Å². The number of carbonyl (C=O) groups is 1. The Balaban J connectivity index is 1.71. The van der Waals surface area contributed by atoms with Gasteiger partial charge >= 0.3 is 6.08 Å². The van der Waals surface area contributed by atoms with E-state index in [1.54, 1.807) is 0 Å². The zero-order valence-corrected chi connectivity index (χ0v) is 30.5. The third-order valence-electron chi connectivity index (χ3n) is 7.01. The van der Waals surface area contributed by atoms with Crippen molar-refractivity contribution in [1.29, 1.82) is 0 Å². The molecule has 21 nitrogen and oxygen atoms in total. The van der Waals surface area contributed by atoms with Crippen LogP contribution in [0.15, 0.2) is 102 Å². The van der Waals surface area contributed by atoms with E-state index < -0.39 is 112 Å². The van der Waals surface area contributed by atoms with Crippen LogP contribution in [0, 0.1) is 6.08 Å². The quantitative estimate of drug-likeness (QED) is 0.0676. The molecule has 288 valence electrons. The molecule has 0 unspecified atom stereocenters. The molecule has 5 aromatic rings. The molecule has 1 amide bonds. The van der Waals surface area contributed by atoms with Gasteiger partial charge in [0.15, 0.2) is 15.6 Å². The first-order valence-electron chi connectivity index (χ1n) is 14.5. The van der Waals surface area contributed by atoms with Crippen molar-refractivity contribution in [2.45, 2.75) is 26.5 Å². The van der Waals surface area contributed by atoms with Crippen molar-refractivity contribution in [2.24, 2.45) is 10.2 Å². The van der Waals surface area contributed by atoms with Crippen LogP contribution in [0.3, 0.4) is 0 Å². The molecule has 0 aliphatic heterocycles. The van der Waals surface area contributed by atoms with E-state index in [0.717, 1.165) is 31.2 Å². The van der Waals surface area contributed by atoms with Gasteiger partial charge in [-0.25, -0.2) is 8.42 Å². The average Bonchev–Trinajstić information content (AvgIpc) is 3.05. The summed E-state index contributed by atoms with van der Waals surface area (Å²) in [6, 6.07) is 9.82. The number of aromatic hydroxyl groups is 1. The largest absolute Gasteiger partial charge is 0.505 e. The number of aromatic nitrogens is 3. The van der Waals surface area contributed by atoms with Crippen LogP contribution >= 0.6 is 0 Å². The lowest BCUT2D eigenvalue weighted by Crippen LogP contribution is -2.08. The van der Waals surface area contributed by atoms with Crippen LogP contribution in [0.25, 0.3) is 10.8 Å². The minimum absolute atomic E-state index is 0.0449. The maximum absolute atomic E-state index is 14.7. The van der Waals surface area contributed by atoms with Gasteiger partial charge in [0, 0.05) is 29.1 Å². The van der Waals surface area contributed by atoms with Gasteiger partial charge < -0.3 is 21.1 Å². The molecular formula is C29H23FN8O13S4. The Kier molecular flexibility index (Phi) is 10.7. The van der Waals surface area contributed by atoms with Crippen molar-refractivity contribution in [2.75, 3.05) is 16.0 Å². The van der Waals surface area contributed by atoms with Crippen molar-refractivity contribution >= 4 is 97.2 Å². The maximum atomic E-state index is 14.7. The highest BCUT2D eigenvalue weighted by atomic mass is 32.2. The summed E-state index contributed by atoms with van der Waals surface area (Å²) in [5, 5.41) is 25.6. The lowest BCUT2D eigenvalue weighted by atomic mass is 10.1. The minimum Gasteiger partial charge on any atom is -0.505 e. The van der Waals surface area contributed by atoms with E-state index in [0.29, 0.717) is 23.6 Å². The van der Waals surface area contributed by atoms with Crippen LogP contribution in [0.2, 0.25) is 0 Å². The minimum atomic E-state index is -5.39. The Labute approximate surface area is 309 Å². The second kappa shape index (κ2) is 14.7. The summed E-state index contributed by atoms with van der Waals surface area (Å²) in [6.07, 6.45) is -1.45. The number of nitrogens with one attached hydrogen (secondary N) is 3. The van der Waals surface area contributed by atoms with Gasteiger partial charge in [0.25, 0.3) is 30.4 Å². The Bertz CT molecular complexity index is 2930. The monoisotopic (exact) mass is 838 g/mol. The van der Waals surface area contributed by atoms with Gasteiger partial charge in [0.2, 0.25) is 17.8 Å². The van der Waals surface area contributed by atoms with Gasteiger partial charge in [-0.05, 0) is 60.0 Å². The average molecular weight is 839 g/mol. The fourth-order valence-corrected chi connectivity index (χ4v) is 7.31. The van der Waals surface area contributed by atoms with Crippen molar-refractivity contribution in [3.8, 4) is 5.75 Å². The van der Waals surface area contributed by atoms with Crippen molar-refractivity contribution in [3.63, 3.8) is 0 Å². The summed E-state index contributed by atoms with van der Waals surface area (Å²) in [5.41, 5.74) is -2.40. The summed E-state index contributed by atoms with van der Waals surface area (Å²) in [6.45, 7) is 4.35. The molecule has 0 atom stereocenters. The Morgan fingerprint density at radius 3 is 2.02 bits per heavy atom. The van der Waals surface area contributed by atoms with Crippen LogP contribution in [0.1, 0.15) is 6.92 Å². The first-order valence-corrected chi connectivity index (χ1v) is 20.4. The SMILES string of the molecule is C=CS(=O)(=O)c1cccc(Nc2nc(F)nc(Nc3cc(S(=O)(=O)O)cc4cc(S(=O)(=O)O)c(N=Nc5cc(NC(C)=O)ccc5S(=O)(=O)O)c(O)c34)n2)c1. The molecule has 0 saturated carbocycles. The summed E-state index contributed by atoms with van der Waals surface area (Å²) < 4.78 is 142. The predicted molar refractivity (Wildman–Crippen MR) is 190 cm³/mol. The molecule has 4 aromatic carbocycles. The molecule has 0 saturated heterocycles. The molecule has 1 heterocycles. The summed E-state index contributed by atoms with van der Waals surface area (Å²) in [5.74, 6) is -3.06. The molecule has 0 bridgehead atoms. The first kappa shape index (κ1) is 40.2. The van der Waals surface area contributed by atoms with E-state index in [9.17, 15) is 61.6 Å². The summed E-state index contributed by atoms with van der Waals surface area (Å²) in [4.78, 5) is 19.2. The predicted octanol–water partition coefficient (Wildman–Crippen LogP) is 4.39. The second-order valence-corrected chi connectivity index (χ2v) is 17.0. The number of rotatable bonds is 12. The van der Waals surface area contributed by atoms with Crippen molar-refractivity contribution in [3.05, 3.63) is 78.7 Å². The lowest BCUT2D eigenvalue weighted by molar-refractivity contribution is -0.114. The Morgan fingerprint density at radius 1 is 0.764 bits per heavy atom. The van der Waals surface area contributed by atoms with Gasteiger partial charge in [-0.3, -0.25) is 18.5 Å². The summed E-state index contributed by atoms with van der Waals surface area (Å²) >= 11 is 0. The highest BCUT2D eigenvalue weighted by molar-refractivity contribution is 7.94. The number of halogens is 1. The van der Waals surface area contributed by atoms with Gasteiger partial charge in [0.1, 0.15) is 21.2 Å². The first-order chi connectivity index (χ1) is 25.5. The van der Waals surface area contributed by atoms with E-state index in [1.165, 1.54) is 18.2 Å². The standard InChI is InChI=1S/C29H23FN8O13S4/c1-3-52(41,42)18-6-4-5-16(11-18)32-28-34-27(30)35-29(36-28)33-21-13-19(53(43,44)45)9-15-10-23(55(49,50)51)25(26(40)24(15)21)38-37-20-12-17(31-14(2)39)7-8-22(20)54(46,47)48/h3-13,40H,1H2,2H3,(H,31,39)(H,43,44,45)(H,46,47,48)(H,49,50,51)(H2,32,33,34,35,36). The van der Waals surface area contributed by atoms with Gasteiger partial charge in [0.05, 0.1) is 15.5 Å². The molecule has 0 aliphatic rings. The summed E-state index contributed by atoms with van der Waals surface area (Å²) in [7, 11) is -19.4. The van der Waals surface area contributed by atoms with E-state index in [2.05, 4.69) is 47.7 Å². The van der Waals surface area contributed by atoms with Gasteiger partial charge in [-0.2, -0.15) is 44.6 Å². The number of phenols is 1. The third-order valence-corrected chi connectivity index (χ3v) is 11.0. The number of sulfone groups is 1. The van der Waals surface area contributed by atoms with Crippen LogP contribution < -0.4 is 16.0 Å². The fraction of sp³-hybridized carbons (Fsp3) is 0.0345. The molecule has 1 aromatic heterocycles. The number of phenolic OH excluding ortho intramolecular Hbond substituents is 1. The number of anilines is 5. The van der Waals surface area contributed by atoms with Gasteiger partial charge in [-0.1, -0.05) is 12.6 Å². The number of azo groups is 1.